The van der Waals surface area contributed by atoms with E-state index in [2.05, 4.69) is 16.4 Å². The number of carbonyl (C=O) groups is 1. The second kappa shape index (κ2) is 6.28. The second-order valence-electron chi connectivity index (χ2n) is 5.76. The van der Waals surface area contributed by atoms with Crippen LogP contribution in [-0.4, -0.2) is 30.1 Å². The summed E-state index contributed by atoms with van der Waals surface area (Å²) in [6, 6.07) is 15.5. The first kappa shape index (κ1) is 14.6. The Balaban J connectivity index is 1.34. The van der Waals surface area contributed by atoms with Gasteiger partial charge in [0.1, 0.15) is 6.61 Å². The number of H-pyrrole nitrogens is 1. The molecule has 1 atom stereocenters. The van der Waals surface area contributed by atoms with Crippen LogP contribution in [0.5, 0.6) is 11.5 Å². The van der Waals surface area contributed by atoms with Crippen molar-refractivity contribution in [3.05, 3.63) is 60.3 Å². The molecule has 4 rings (SSSR count). The minimum atomic E-state index is -0.608. The van der Waals surface area contributed by atoms with E-state index in [-0.39, 0.29) is 12.5 Å². The molecule has 0 saturated heterocycles. The standard InChI is InChI=1S/C19H18N2O3/c22-19(18-12-23-16-7-3-4-8-17(16)24-18)20-10-9-13-11-21-15-6-2-1-5-14(13)15/h1-8,11,18,21H,9-10,12H2,(H,20,22). The number of aromatic amines is 1. The number of rotatable bonds is 4. The van der Waals surface area contributed by atoms with Crippen LogP contribution in [0.1, 0.15) is 5.56 Å². The molecule has 0 saturated carbocycles. The highest BCUT2D eigenvalue weighted by atomic mass is 16.6. The summed E-state index contributed by atoms with van der Waals surface area (Å²) in [6.45, 7) is 0.790. The van der Waals surface area contributed by atoms with Gasteiger partial charge >= 0.3 is 0 Å². The van der Waals surface area contributed by atoms with Crippen molar-refractivity contribution in [2.45, 2.75) is 12.5 Å². The number of hydrogen-bond donors (Lipinski definition) is 2. The van der Waals surface area contributed by atoms with Gasteiger partial charge in [-0.3, -0.25) is 4.79 Å². The summed E-state index contributed by atoms with van der Waals surface area (Å²) in [5, 5.41) is 4.12. The molecule has 2 heterocycles. The molecular formula is C19H18N2O3. The normalized spacial score (nSPS) is 16.1. The van der Waals surface area contributed by atoms with Crippen LogP contribution in [0.15, 0.2) is 54.7 Å². The molecule has 0 aliphatic carbocycles. The Labute approximate surface area is 139 Å². The zero-order valence-electron chi connectivity index (χ0n) is 13.1. The van der Waals surface area contributed by atoms with Crippen molar-refractivity contribution >= 4 is 16.8 Å². The number of para-hydroxylation sites is 3. The van der Waals surface area contributed by atoms with E-state index in [1.807, 2.05) is 42.6 Å². The van der Waals surface area contributed by atoms with E-state index >= 15 is 0 Å². The molecule has 1 unspecified atom stereocenters. The van der Waals surface area contributed by atoms with E-state index in [4.69, 9.17) is 9.47 Å². The van der Waals surface area contributed by atoms with Gasteiger partial charge < -0.3 is 19.8 Å². The van der Waals surface area contributed by atoms with Crippen molar-refractivity contribution in [2.24, 2.45) is 0 Å². The molecule has 0 bridgehead atoms. The van der Waals surface area contributed by atoms with Crippen molar-refractivity contribution in [3.8, 4) is 11.5 Å². The number of hydrogen-bond acceptors (Lipinski definition) is 3. The van der Waals surface area contributed by atoms with Gasteiger partial charge in [0.15, 0.2) is 11.5 Å². The summed E-state index contributed by atoms with van der Waals surface area (Å²) in [7, 11) is 0. The number of carbonyl (C=O) groups excluding carboxylic acids is 1. The van der Waals surface area contributed by atoms with Gasteiger partial charge in [0, 0.05) is 23.6 Å². The topological polar surface area (TPSA) is 63.4 Å². The Hall–Kier alpha value is -2.95. The van der Waals surface area contributed by atoms with Gasteiger partial charge in [0.05, 0.1) is 0 Å². The lowest BCUT2D eigenvalue weighted by atomic mass is 10.1. The summed E-state index contributed by atoms with van der Waals surface area (Å²) in [5.41, 5.74) is 2.30. The SMILES string of the molecule is O=C(NCCc1c[nH]c2ccccc12)C1COc2ccccc2O1. The van der Waals surface area contributed by atoms with Gasteiger partial charge in [-0.2, -0.15) is 0 Å². The summed E-state index contributed by atoms with van der Waals surface area (Å²) in [6.07, 6.45) is 2.15. The van der Waals surface area contributed by atoms with Crippen LogP contribution in [0.25, 0.3) is 10.9 Å². The molecule has 1 aromatic heterocycles. The molecule has 2 aromatic carbocycles. The number of aromatic nitrogens is 1. The van der Waals surface area contributed by atoms with Gasteiger partial charge in [-0.15, -0.1) is 0 Å². The minimum absolute atomic E-state index is 0.149. The molecule has 0 radical (unpaired) electrons. The van der Waals surface area contributed by atoms with E-state index in [1.54, 1.807) is 6.07 Å². The van der Waals surface area contributed by atoms with Crippen molar-refractivity contribution in [1.29, 1.82) is 0 Å². The van der Waals surface area contributed by atoms with E-state index in [1.165, 1.54) is 10.9 Å². The molecule has 5 heteroatoms. The monoisotopic (exact) mass is 322 g/mol. The fourth-order valence-corrected chi connectivity index (χ4v) is 2.92. The zero-order valence-corrected chi connectivity index (χ0v) is 13.1. The van der Waals surface area contributed by atoms with Crippen LogP contribution in [0, 0.1) is 0 Å². The smallest absolute Gasteiger partial charge is 0.264 e. The molecule has 1 amide bonds. The molecule has 0 fully saturated rings. The first-order chi connectivity index (χ1) is 11.8. The largest absolute Gasteiger partial charge is 0.485 e. The molecule has 24 heavy (non-hydrogen) atoms. The average Bonchev–Trinajstić information content (AvgIpc) is 3.04. The predicted molar refractivity (Wildman–Crippen MR) is 91.4 cm³/mol. The van der Waals surface area contributed by atoms with Gasteiger partial charge in [0.2, 0.25) is 6.10 Å². The van der Waals surface area contributed by atoms with E-state index in [9.17, 15) is 4.79 Å². The molecule has 122 valence electrons. The van der Waals surface area contributed by atoms with E-state index in [0.717, 1.165) is 11.9 Å². The van der Waals surface area contributed by atoms with Crippen LogP contribution in [0.4, 0.5) is 0 Å². The van der Waals surface area contributed by atoms with E-state index in [0.29, 0.717) is 18.0 Å². The lowest BCUT2D eigenvalue weighted by Crippen LogP contribution is -2.44. The fraction of sp³-hybridized carbons (Fsp3) is 0.211. The van der Waals surface area contributed by atoms with Gasteiger partial charge in [0.25, 0.3) is 5.91 Å². The Bertz CT molecular complexity index is 872. The summed E-state index contributed by atoms with van der Waals surface area (Å²) in [4.78, 5) is 15.5. The number of amides is 1. The maximum absolute atomic E-state index is 12.3. The lowest BCUT2D eigenvalue weighted by Gasteiger charge is -2.25. The maximum Gasteiger partial charge on any atom is 0.264 e. The maximum atomic E-state index is 12.3. The van der Waals surface area contributed by atoms with E-state index < -0.39 is 6.10 Å². The number of nitrogens with one attached hydrogen (secondary N) is 2. The number of benzene rings is 2. The highest BCUT2D eigenvalue weighted by Crippen LogP contribution is 2.30. The van der Waals surface area contributed by atoms with Crippen LogP contribution in [0.2, 0.25) is 0 Å². The van der Waals surface area contributed by atoms with Gasteiger partial charge in [-0.05, 0) is 30.2 Å². The van der Waals surface area contributed by atoms with Crippen molar-refractivity contribution in [2.75, 3.05) is 13.2 Å². The fourth-order valence-electron chi connectivity index (χ4n) is 2.92. The number of ether oxygens (including phenoxy) is 2. The molecule has 0 spiro atoms. The Kier molecular flexibility index (Phi) is 3.83. The quantitative estimate of drug-likeness (QED) is 0.776. The highest BCUT2D eigenvalue weighted by molar-refractivity contribution is 5.84. The Morgan fingerprint density at radius 1 is 1.12 bits per heavy atom. The summed E-state index contributed by atoms with van der Waals surface area (Å²) < 4.78 is 11.3. The van der Waals surface area contributed by atoms with Crippen molar-refractivity contribution in [3.63, 3.8) is 0 Å². The molecule has 3 aromatic rings. The second-order valence-corrected chi connectivity index (χ2v) is 5.76. The van der Waals surface area contributed by atoms with Gasteiger partial charge in [-0.25, -0.2) is 0 Å². The predicted octanol–water partition coefficient (Wildman–Crippen LogP) is 2.67. The first-order valence-electron chi connectivity index (χ1n) is 8.02. The third-order valence-corrected chi connectivity index (χ3v) is 4.17. The minimum Gasteiger partial charge on any atom is -0.485 e. The highest BCUT2D eigenvalue weighted by Gasteiger charge is 2.26. The first-order valence-corrected chi connectivity index (χ1v) is 8.02. The van der Waals surface area contributed by atoms with Crippen LogP contribution in [0.3, 0.4) is 0 Å². The molecular weight excluding hydrogens is 304 g/mol. The van der Waals surface area contributed by atoms with Crippen molar-refractivity contribution < 1.29 is 14.3 Å². The van der Waals surface area contributed by atoms with Crippen LogP contribution >= 0.6 is 0 Å². The van der Waals surface area contributed by atoms with Crippen LogP contribution < -0.4 is 14.8 Å². The third-order valence-electron chi connectivity index (χ3n) is 4.17. The molecule has 2 N–H and O–H groups in total. The van der Waals surface area contributed by atoms with Crippen molar-refractivity contribution in [1.82, 2.24) is 10.3 Å². The van der Waals surface area contributed by atoms with Gasteiger partial charge in [-0.1, -0.05) is 30.3 Å². The molecule has 5 nitrogen and oxygen atoms in total. The summed E-state index contributed by atoms with van der Waals surface area (Å²) >= 11 is 0. The Morgan fingerprint density at radius 3 is 2.83 bits per heavy atom. The van der Waals surface area contributed by atoms with Crippen LogP contribution in [-0.2, 0) is 11.2 Å². The summed E-state index contributed by atoms with van der Waals surface area (Å²) in [5.74, 6) is 1.14. The lowest BCUT2D eigenvalue weighted by molar-refractivity contribution is -0.130. The zero-order chi connectivity index (χ0) is 16.4. The number of fused-ring (bicyclic) bond motifs is 2. The Morgan fingerprint density at radius 2 is 1.92 bits per heavy atom. The molecule has 1 aliphatic heterocycles. The average molecular weight is 322 g/mol. The third kappa shape index (κ3) is 2.80. The molecule has 1 aliphatic rings.